The number of aliphatic hydroxyl groups excluding tert-OH is 1. The molecule has 0 unspecified atom stereocenters. The summed E-state index contributed by atoms with van der Waals surface area (Å²) in [4.78, 5) is 0. The molecule has 0 spiro atoms. The zero-order chi connectivity index (χ0) is 10.1. The normalized spacial score (nSPS) is 11.1. The first kappa shape index (κ1) is 9.28. The van der Waals surface area contributed by atoms with E-state index in [1.54, 1.807) is 0 Å². The molecule has 0 atom stereocenters. The van der Waals surface area contributed by atoms with Crippen molar-refractivity contribution in [3.63, 3.8) is 0 Å². The van der Waals surface area contributed by atoms with E-state index in [0.29, 0.717) is 6.54 Å². The lowest BCUT2D eigenvalue weighted by atomic mass is 10.2. The Hall–Kier alpha value is -1.28. The Morgan fingerprint density at radius 2 is 2.21 bits per heavy atom. The average Bonchev–Trinajstić information content (AvgIpc) is 2.45. The van der Waals surface area contributed by atoms with E-state index in [4.69, 9.17) is 5.11 Å². The summed E-state index contributed by atoms with van der Waals surface area (Å²) in [5, 5.41) is 10.1. The molecule has 14 heavy (non-hydrogen) atoms. The van der Waals surface area contributed by atoms with Crippen molar-refractivity contribution in [1.82, 2.24) is 4.57 Å². The minimum Gasteiger partial charge on any atom is -0.395 e. The summed E-state index contributed by atoms with van der Waals surface area (Å²) in [5.41, 5.74) is 3.64. The van der Waals surface area contributed by atoms with Crippen molar-refractivity contribution in [2.24, 2.45) is 0 Å². The molecule has 0 fully saturated rings. The lowest BCUT2D eigenvalue weighted by molar-refractivity contribution is 0.277. The highest BCUT2D eigenvalue weighted by molar-refractivity contribution is 5.84. The lowest BCUT2D eigenvalue weighted by Crippen LogP contribution is -2.03. The van der Waals surface area contributed by atoms with Crippen molar-refractivity contribution in [2.45, 2.75) is 20.4 Å². The fraction of sp³-hybridized carbons (Fsp3) is 0.333. The molecule has 0 saturated carbocycles. The van der Waals surface area contributed by atoms with Crippen LogP contribution >= 0.6 is 0 Å². The third-order valence-electron chi connectivity index (χ3n) is 2.77. The van der Waals surface area contributed by atoms with E-state index in [9.17, 15) is 0 Å². The van der Waals surface area contributed by atoms with Crippen LogP contribution < -0.4 is 0 Å². The maximum absolute atomic E-state index is 8.98. The summed E-state index contributed by atoms with van der Waals surface area (Å²) >= 11 is 0. The van der Waals surface area contributed by atoms with Crippen LogP contribution in [-0.4, -0.2) is 16.3 Å². The molecule has 0 aliphatic carbocycles. The first-order valence-corrected chi connectivity index (χ1v) is 4.82. The number of aliphatic hydroxyl groups is 1. The Morgan fingerprint density at radius 3 is 2.93 bits per heavy atom. The standard InChI is InChI=1S/C12H14NO/c1-9-10(2)13(7-8-14)12-6-4-3-5-11(9)12/h3-4,6,14H,7-8H2,1-2H3. The van der Waals surface area contributed by atoms with Crippen LogP contribution in [-0.2, 0) is 6.54 Å². The van der Waals surface area contributed by atoms with Crippen LogP contribution in [0.15, 0.2) is 18.2 Å². The van der Waals surface area contributed by atoms with E-state index < -0.39 is 0 Å². The predicted octanol–water partition coefficient (Wildman–Crippen LogP) is 2.05. The molecule has 0 bridgehead atoms. The van der Waals surface area contributed by atoms with Gasteiger partial charge in [-0.15, -0.1) is 0 Å². The van der Waals surface area contributed by atoms with Crippen molar-refractivity contribution in [2.75, 3.05) is 6.61 Å². The third kappa shape index (κ3) is 1.23. The molecule has 2 heteroatoms. The Kier molecular flexibility index (Phi) is 2.30. The van der Waals surface area contributed by atoms with Gasteiger partial charge in [-0.2, -0.15) is 0 Å². The quantitative estimate of drug-likeness (QED) is 0.766. The number of hydrogen-bond acceptors (Lipinski definition) is 1. The SMILES string of the molecule is Cc1c(C)n(CCO)c2ccc[c]c12. The van der Waals surface area contributed by atoms with E-state index in [1.807, 2.05) is 12.1 Å². The second-order valence-corrected chi connectivity index (χ2v) is 3.52. The lowest BCUT2D eigenvalue weighted by Gasteiger charge is -2.05. The molecule has 1 aromatic carbocycles. The molecule has 2 aromatic rings. The minimum atomic E-state index is 0.180. The molecule has 73 valence electrons. The molecule has 0 saturated heterocycles. The number of fused-ring (bicyclic) bond motifs is 1. The smallest absolute Gasteiger partial charge is 0.0610 e. The second-order valence-electron chi connectivity index (χ2n) is 3.52. The van der Waals surface area contributed by atoms with Crippen LogP contribution in [0.5, 0.6) is 0 Å². The van der Waals surface area contributed by atoms with Gasteiger partial charge in [0.15, 0.2) is 0 Å². The molecule has 1 N–H and O–H groups in total. The molecule has 1 aromatic heterocycles. The second kappa shape index (κ2) is 3.46. The summed E-state index contributed by atoms with van der Waals surface area (Å²) in [6, 6.07) is 9.22. The number of nitrogens with zero attached hydrogens (tertiary/aromatic N) is 1. The summed E-state index contributed by atoms with van der Waals surface area (Å²) in [6.07, 6.45) is 0. The van der Waals surface area contributed by atoms with E-state index in [0.717, 1.165) is 5.52 Å². The zero-order valence-corrected chi connectivity index (χ0v) is 8.54. The van der Waals surface area contributed by atoms with Gasteiger partial charge >= 0.3 is 0 Å². The summed E-state index contributed by atoms with van der Waals surface area (Å²) in [7, 11) is 0. The topological polar surface area (TPSA) is 25.2 Å². The van der Waals surface area contributed by atoms with Gasteiger partial charge in [-0.3, -0.25) is 0 Å². The molecule has 2 nitrogen and oxygen atoms in total. The average molecular weight is 188 g/mol. The van der Waals surface area contributed by atoms with E-state index in [-0.39, 0.29) is 6.61 Å². The van der Waals surface area contributed by atoms with Crippen LogP contribution in [0.25, 0.3) is 10.9 Å². The van der Waals surface area contributed by atoms with Crippen molar-refractivity contribution in [3.8, 4) is 0 Å². The highest BCUT2D eigenvalue weighted by atomic mass is 16.3. The number of aryl methyl sites for hydroxylation is 1. The van der Waals surface area contributed by atoms with Crippen molar-refractivity contribution in [3.05, 3.63) is 35.5 Å². The van der Waals surface area contributed by atoms with E-state index in [1.165, 1.54) is 16.6 Å². The zero-order valence-electron chi connectivity index (χ0n) is 8.54. The highest BCUT2D eigenvalue weighted by Gasteiger charge is 2.08. The van der Waals surface area contributed by atoms with Crippen LogP contribution in [0.3, 0.4) is 0 Å². The summed E-state index contributed by atoms with van der Waals surface area (Å²) in [5.74, 6) is 0. The fourth-order valence-corrected chi connectivity index (χ4v) is 1.91. The monoisotopic (exact) mass is 188 g/mol. The van der Waals surface area contributed by atoms with Crippen molar-refractivity contribution < 1.29 is 5.11 Å². The summed E-state index contributed by atoms with van der Waals surface area (Å²) < 4.78 is 2.14. The molecular formula is C12H14NO. The van der Waals surface area contributed by atoms with Crippen LogP contribution in [0.2, 0.25) is 0 Å². The largest absolute Gasteiger partial charge is 0.395 e. The van der Waals surface area contributed by atoms with Gasteiger partial charge in [0.25, 0.3) is 0 Å². The molecule has 2 rings (SSSR count). The van der Waals surface area contributed by atoms with E-state index >= 15 is 0 Å². The third-order valence-corrected chi connectivity index (χ3v) is 2.77. The highest BCUT2D eigenvalue weighted by Crippen LogP contribution is 2.23. The maximum Gasteiger partial charge on any atom is 0.0610 e. The molecule has 1 heterocycles. The Bertz CT molecular complexity index is 457. The first-order valence-electron chi connectivity index (χ1n) is 4.82. The molecular weight excluding hydrogens is 174 g/mol. The number of rotatable bonds is 2. The number of benzene rings is 1. The Labute approximate surface area is 83.8 Å². The summed E-state index contributed by atoms with van der Waals surface area (Å²) in [6.45, 7) is 5.02. The molecule has 0 aliphatic heterocycles. The first-order chi connectivity index (χ1) is 6.75. The van der Waals surface area contributed by atoms with Gasteiger partial charge in [0, 0.05) is 23.1 Å². The van der Waals surface area contributed by atoms with Crippen LogP contribution in [0, 0.1) is 19.9 Å². The maximum atomic E-state index is 8.98. The van der Waals surface area contributed by atoms with Gasteiger partial charge in [-0.05, 0) is 31.5 Å². The molecule has 1 radical (unpaired) electrons. The number of hydrogen-bond donors (Lipinski definition) is 1. The van der Waals surface area contributed by atoms with E-state index in [2.05, 4.69) is 30.5 Å². The van der Waals surface area contributed by atoms with Crippen molar-refractivity contribution >= 4 is 10.9 Å². The van der Waals surface area contributed by atoms with Gasteiger partial charge < -0.3 is 9.67 Å². The van der Waals surface area contributed by atoms with Crippen LogP contribution in [0.4, 0.5) is 0 Å². The number of aromatic nitrogens is 1. The van der Waals surface area contributed by atoms with Crippen molar-refractivity contribution in [1.29, 1.82) is 0 Å². The van der Waals surface area contributed by atoms with Crippen LogP contribution in [0.1, 0.15) is 11.3 Å². The molecule has 0 amide bonds. The minimum absolute atomic E-state index is 0.180. The predicted molar refractivity (Wildman–Crippen MR) is 57.3 cm³/mol. The van der Waals surface area contributed by atoms with Gasteiger partial charge in [0.1, 0.15) is 0 Å². The Morgan fingerprint density at radius 1 is 1.43 bits per heavy atom. The van der Waals surface area contributed by atoms with Gasteiger partial charge in [-0.1, -0.05) is 12.1 Å². The molecule has 0 aliphatic rings. The van der Waals surface area contributed by atoms with Gasteiger partial charge in [0.2, 0.25) is 0 Å². The van der Waals surface area contributed by atoms with Gasteiger partial charge in [-0.25, -0.2) is 0 Å². The van der Waals surface area contributed by atoms with Gasteiger partial charge in [0.05, 0.1) is 6.61 Å². The Balaban J connectivity index is 2.74. The fourth-order valence-electron chi connectivity index (χ4n) is 1.91.